The SMILES string of the molecule is CCOc1ncc(-c2cc(NC(O)c3cnnc(C(F)(F)F)c3)cnc2C)cc1N1CCOCC1C. The number of anilines is 2. The maximum Gasteiger partial charge on any atom is 0.435 e. The van der Waals surface area contributed by atoms with Crippen LogP contribution in [0.5, 0.6) is 5.88 Å². The Labute approximate surface area is 206 Å². The Hall–Kier alpha value is -3.51. The van der Waals surface area contributed by atoms with Gasteiger partial charge in [0.2, 0.25) is 5.88 Å². The molecule has 3 aromatic heterocycles. The Balaban J connectivity index is 1.64. The molecule has 0 amide bonds. The number of pyridine rings is 2. The molecule has 0 aliphatic carbocycles. The first kappa shape index (κ1) is 25.6. The van der Waals surface area contributed by atoms with Crippen molar-refractivity contribution in [3.63, 3.8) is 0 Å². The molecule has 2 N–H and O–H groups in total. The van der Waals surface area contributed by atoms with Crippen LogP contribution < -0.4 is 15.0 Å². The molecule has 2 unspecified atom stereocenters. The van der Waals surface area contributed by atoms with Gasteiger partial charge in [-0.15, -0.1) is 5.10 Å². The van der Waals surface area contributed by atoms with Crippen LogP contribution in [0.4, 0.5) is 24.5 Å². The van der Waals surface area contributed by atoms with E-state index in [4.69, 9.17) is 9.47 Å². The zero-order valence-corrected chi connectivity index (χ0v) is 20.1. The van der Waals surface area contributed by atoms with Gasteiger partial charge in [-0.05, 0) is 39.0 Å². The first-order valence-electron chi connectivity index (χ1n) is 11.5. The first-order chi connectivity index (χ1) is 17.2. The van der Waals surface area contributed by atoms with Crippen LogP contribution in [0.25, 0.3) is 11.1 Å². The average Bonchev–Trinajstić information content (AvgIpc) is 2.86. The molecular weight excluding hydrogens is 477 g/mol. The van der Waals surface area contributed by atoms with Crippen molar-refractivity contribution in [2.24, 2.45) is 0 Å². The third-order valence-corrected chi connectivity index (χ3v) is 5.77. The predicted octanol–water partition coefficient (Wildman–Crippen LogP) is 3.99. The van der Waals surface area contributed by atoms with E-state index in [1.54, 1.807) is 12.3 Å². The van der Waals surface area contributed by atoms with Gasteiger partial charge in [-0.1, -0.05) is 0 Å². The van der Waals surface area contributed by atoms with Crippen molar-refractivity contribution < 1.29 is 27.8 Å². The fourth-order valence-electron chi connectivity index (χ4n) is 3.94. The quantitative estimate of drug-likeness (QED) is 0.462. The van der Waals surface area contributed by atoms with Gasteiger partial charge in [-0.3, -0.25) is 4.98 Å². The maximum atomic E-state index is 13.0. The Morgan fingerprint density at radius 2 is 2.03 bits per heavy atom. The highest BCUT2D eigenvalue weighted by Gasteiger charge is 2.33. The van der Waals surface area contributed by atoms with Gasteiger partial charge in [-0.25, -0.2) is 4.98 Å². The highest BCUT2D eigenvalue weighted by molar-refractivity contribution is 5.74. The summed E-state index contributed by atoms with van der Waals surface area (Å²) in [6, 6.07) is 4.62. The molecule has 0 aromatic carbocycles. The summed E-state index contributed by atoms with van der Waals surface area (Å²) in [5.74, 6) is 0.524. The molecule has 2 atom stereocenters. The lowest BCUT2D eigenvalue weighted by molar-refractivity contribution is -0.141. The lowest BCUT2D eigenvalue weighted by Crippen LogP contribution is -2.44. The van der Waals surface area contributed by atoms with Crippen molar-refractivity contribution in [2.75, 3.05) is 36.6 Å². The van der Waals surface area contributed by atoms with Crippen LogP contribution in [0, 0.1) is 6.92 Å². The smallest absolute Gasteiger partial charge is 0.435 e. The van der Waals surface area contributed by atoms with Gasteiger partial charge in [0, 0.05) is 41.2 Å². The third kappa shape index (κ3) is 5.65. The summed E-state index contributed by atoms with van der Waals surface area (Å²) in [5.41, 5.74) is 2.22. The van der Waals surface area contributed by atoms with Crippen LogP contribution in [0.15, 0.2) is 36.8 Å². The van der Waals surface area contributed by atoms with Crippen LogP contribution in [0.2, 0.25) is 0 Å². The monoisotopic (exact) mass is 504 g/mol. The second kappa shape index (κ2) is 10.6. The highest BCUT2D eigenvalue weighted by atomic mass is 19.4. The number of hydrogen-bond acceptors (Lipinski definition) is 9. The molecule has 4 heterocycles. The molecule has 12 heteroatoms. The number of ether oxygens (including phenoxy) is 2. The zero-order valence-electron chi connectivity index (χ0n) is 20.1. The standard InChI is InChI=1S/C24H27F3N6O3/c1-4-36-23-20(33-5-6-35-13-14(33)2)7-16(10-29-23)19-9-18(12-28-15(19)3)31-22(34)17-8-21(24(25,26)27)32-30-11-17/h7-12,14,22,31,34H,4-6,13H2,1-3H3. The molecule has 9 nitrogen and oxygen atoms in total. The summed E-state index contributed by atoms with van der Waals surface area (Å²) in [4.78, 5) is 11.1. The minimum atomic E-state index is -4.67. The number of aromatic nitrogens is 4. The molecule has 0 bridgehead atoms. The normalized spacial score (nSPS) is 17.1. The number of hydrogen-bond donors (Lipinski definition) is 2. The Morgan fingerprint density at radius 3 is 2.75 bits per heavy atom. The number of nitrogens with zero attached hydrogens (tertiary/aromatic N) is 5. The van der Waals surface area contributed by atoms with E-state index >= 15 is 0 Å². The van der Waals surface area contributed by atoms with Crippen molar-refractivity contribution in [1.82, 2.24) is 20.2 Å². The van der Waals surface area contributed by atoms with Crippen LogP contribution >= 0.6 is 0 Å². The van der Waals surface area contributed by atoms with Gasteiger partial charge in [0.15, 0.2) is 11.9 Å². The van der Waals surface area contributed by atoms with E-state index in [1.807, 2.05) is 19.9 Å². The van der Waals surface area contributed by atoms with Gasteiger partial charge >= 0.3 is 6.18 Å². The van der Waals surface area contributed by atoms with Gasteiger partial charge in [0.1, 0.15) is 5.69 Å². The van der Waals surface area contributed by atoms with Crippen LogP contribution in [-0.4, -0.2) is 57.7 Å². The summed E-state index contributed by atoms with van der Waals surface area (Å²) in [5, 5.41) is 19.7. The molecule has 1 fully saturated rings. The number of alkyl halides is 3. The molecular formula is C24H27F3N6O3. The first-order valence-corrected chi connectivity index (χ1v) is 11.5. The van der Waals surface area contributed by atoms with E-state index in [-0.39, 0.29) is 11.6 Å². The second-order valence-corrected chi connectivity index (χ2v) is 8.37. The van der Waals surface area contributed by atoms with Gasteiger partial charge in [0.25, 0.3) is 0 Å². The topological polar surface area (TPSA) is 106 Å². The average molecular weight is 505 g/mol. The van der Waals surface area contributed by atoms with E-state index in [0.29, 0.717) is 43.6 Å². The van der Waals surface area contributed by atoms with Crippen molar-refractivity contribution in [2.45, 2.75) is 39.2 Å². The number of nitrogens with one attached hydrogen (secondary N) is 1. The minimum Gasteiger partial charge on any atom is -0.476 e. The van der Waals surface area contributed by atoms with Crippen LogP contribution in [-0.2, 0) is 10.9 Å². The van der Waals surface area contributed by atoms with Crippen molar-refractivity contribution in [1.29, 1.82) is 0 Å². The third-order valence-electron chi connectivity index (χ3n) is 5.77. The molecule has 192 valence electrons. The van der Waals surface area contributed by atoms with Crippen LogP contribution in [0.3, 0.4) is 0 Å². The second-order valence-electron chi connectivity index (χ2n) is 8.37. The number of aliphatic hydroxyl groups is 1. The van der Waals surface area contributed by atoms with Crippen molar-refractivity contribution >= 4 is 11.4 Å². The largest absolute Gasteiger partial charge is 0.476 e. The summed E-state index contributed by atoms with van der Waals surface area (Å²) < 4.78 is 50.3. The molecule has 36 heavy (non-hydrogen) atoms. The lowest BCUT2D eigenvalue weighted by Gasteiger charge is -2.35. The van der Waals surface area contributed by atoms with Crippen molar-refractivity contribution in [3.8, 4) is 17.0 Å². The van der Waals surface area contributed by atoms with E-state index in [2.05, 4.69) is 37.3 Å². The number of rotatable bonds is 7. The van der Waals surface area contributed by atoms with Gasteiger partial charge < -0.3 is 24.8 Å². The molecule has 4 rings (SSSR count). The minimum absolute atomic E-state index is 0.0780. The Morgan fingerprint density at radius 1 is 1.22 bits per heavy atom. The summed E-state index contributed by atoms with van der Waals surface area (Å²) in [6.45, 7) is 8.15. The number of aliphatic hydroxyl groups excluding tert-OH is 1. The molecule has 1 aliphatic rings. The Kier molecular flexibility index (Phi) is 7.55. The van der Waals surface area contributed by atoms with E-state index in [0.717, 1.165) is 29.1 Å². The molecule has 1 aliphatic heterocycles. The summed E-state index contributed by atoms with van der Waals surface area (Å²) in [6.07, 6.45) is -1.87. The summed E-state index contributed by atoms with van der Waals surface area (Å²) >= 11 is 0. The number of halogens is 3. The van der Waals surface area contributed by atoms with E-state index in [1.165, 1.54) is 6.20 Å². The predicted molar refractivity (Wildman–Crippen MR) is 127 cm³/mol. The van der Waals surface area contributed by atoms with Gasteiger partial charge in [-0.2, -0.15) is 18.3 Å². The highest BCUT2D eigenvalue weighted by Crippen LogP contribution is 2.35. The molecule has 1 saturated heterocycles. The fourth-order valence-corrected chi connectivity index (χ4v) is 3.94. The Bertz CT molecular complexity index is 1210. The fraction of sp³-hybridized carbons (Fsp3) is 0.417. The number of aryl methyl sites for hydroxylation is 1. The van der Waals surface area contributed by atoms with Crippen LogP contribution in [0.1, 0.15) is 37.0 Å². The summed E-state index contributed by atoms with van der Waals surface area (Å²) in [7, 11) is 0. The maximum absolute atomic E-state index is 13.0. The molecule has 0 radical (unpaired) electrons. The van der Waals surface area contributed by atoms with Crippen molar-refractivity contribution in [3.05, 3.63) is 53.7 Å². The molecule has 0 saturated carbocycles. The lowest BCUT2D eigenvalue weighted by atomic mass is 10.0. The molecule has 0 spiro atoms. The van der Waals surface area contributed by atoms with Gasteiger partial charge in [0.05, 0.1) is 37.9 Å². The number of morpholine rings is 1. The molecule has 3 aromatic rings. The van der Waals surface area contributed by atoms with E-state index in [9.17, 15) is 18.3 Å². The zero-order chi connectivity index (χ0) is 25.9. The van der Waals surface area contributed by atoms with E-state index < -0.39 is 18.1 Å².